The Balaban J connectivity index is 2.17. The smallest absolute Gasteiger partial charge is 0.244 e. The molecule has 6 heteroatoms. The van der Waals surface area contributed by atoms with Gasteiger partial charge in [-0.05, 0) is 31.4 Å². The van der Waals surface area contributed by atoms with Crippen molar-refractivity contribution in [3.8, 4) is 0 Å². The first-order valence-corrected chi connectivity index (χ1v) is 11.1. The molecule has 1 atom stereocenters. The van der Waals surface area contributed by atoms with Gasteiger partial charge < -0.3 is 5.32 Å². The third kappa shape index (κ3) is 5.73. The van der Waals surface area contributed by atoms with Crippen LogP contribution < -0.4 is 9.62 Å². The Labute approximate surface area is 151 Å². The molecule has 0 spiro atoms. The van der Waals surface area contributed by atoms with Gasteiger partial charge in [0.15, 0.2) is 0 Å². The van der Waals surface area contributed by atoms with Crippen molar-refractivity contribution >= 4 is 21.6 Å². The van der Waals surface area contributed by atoms with E-state index >= 15 is 0 Å². The van der Waals surface area contributed by atoms with Crippen molar-refractivity contribution < 1.29 is 13.2 Å². The Morgan fingerprint density at radius 3 is 2.20 bits per heavy atom. The van der Waals surface area contributed by atoms with Gasteiger partial charge in [0.25, 0.3) is 0 Å². The second kappa shape index (κ2) is 9.22. The molecule has 2 rings (SSSR count). The fraction of sp³-hybridized carbons (Fsp3) is 0.632. The van der Waals surface area contributed by atoms with Crippen LogP contribution in [0.1, 0.15) is 58.3 Å². The van der Waals surface area contributed by atoms with E-state index in [1.54, 1.807) is 24.3 Å². The van der Waals surface area contributed by atoms with E-state index in [-0.39, 0.29) is 11.9 Å². The van der Waals surface area contributed by atoms with Crippen molar-refractivity contribution in [2.24, 2.45) is 0 Å². The van der Waals surface area contributed by atoms with Crippen molar-refractivity contribution in [3.63, 3.8) is 0 Å². The number of rotatable bonds is 6. The number of nitrogens with zero attached hydrogens (tertiary/aromatic N) is 1. The summed E-state index contributed by atoms with van der Waals surface area (Å²) in [6, 6.07) is 8.29. The average molecular weight is 367 g/mol. The zero-order chi connectivity index (χ0) is 18.3. The summed E-state index contributed by atoms with van der Waals surface area (Å²) >= 11 is 0. The number of nitrogens with one attached hydrogen (secondary N) is 1. The summed E-state index contributed by atoms with van der Waals surface area (Å²) in [4.78, 5) is 12.9. The molecule has 0 bridgehead atoms. The summed E-state index contributed by atoms with van der Waals surface area (Å²) in [7, 11) is -3.56. The Bertz CT molecular complexity index is 638. The van der Waals surface area contributed by atoms with Crippen molar-refractivity contribution in [1.29, 1.82) is 0 Å². The molecule has 1 amide bonds. The van der Waals surface area contributed by atoms with Crippen molar-refractivity contribution in [3.05, 3.63) is 30.3 Å². The number of sulfonamides is 1. The van der Waals surface area contributed by atoms with Gasteiger partial charge in [0.05, 0.1) is 11.9 Å². The van der Waals surface area contributed by atoms with E-state index in [0.29, 0.717) is 12.1 Å². The van der Waals surface area contributed by atoms with Crippen LogP contribution in [0.4, 0.5) is 5.69 Å². The number of anilines is 1. The summed E-state index contributed by atoms with van der Waals surface area (Å²) in [5, 5.41) is 3.11. The molecule has 0 heterocycles. The third-order valence-corrected chi connectivity index (χ3v) is 5.97. The summed E-state index contributed by atoms with van der Waals surface area (Å²) in [6.45, 7) is 1.85. The highest BCUT2D eigenvalue weighted by molar-refractivity contribution is 7.92. The van der Waals surface area contributed by atoms with Gasteiger partial charge in [-0.15, -0.1) is 0 Å². The van der Waals surface area contributed by atoms with Crippen LogP contribution in [0.5, 0.6) is 0 Å². The molecule has 25 heavy (non-hydrogen) atoms. The Hall–Kier alpha value is -1.56. The molecule has 0 radical (unpaired) electrons. The molecule has 0 saturated heterocycles. The van der Waals surface area contributed by atoms with Gasteiger partial charge in [0.1, 0.15) is 6.04 Å². The molecule has 0 aromatic heterocycles. The lowest BCUT2D eigenvalue weighted by atomic mass is 9.96. The number of carbonyl (C=O) groups excluding carboxylic acids is 1. The molecule has 1 aromatic carbocycles. The highest BCUT2D eigenvalue weighted by Crippen LogP contribution is 2.23. The van der Waals surface area contributed by atoms with Gasteiger partial charge in [-0.2, -0.15) is 0 Å². The fourth-order valence-corrected chi connectivity index (χ4v) is 4.74. The standard InChI is InChI=1S/C19H30N2O3S/c1-3-18(19(22)20-16-12-8-5-4-6-9-13-16)21(25(2,23)24)17-14-10-7-11-15-17/h7,10-11,14-16,18H,3-6,8-9,12-13H2,1-2H3,(H,20,22). The molecular formula is C19H30N2O3S. The van der Waals surface area contributed by atoms with Crippen molar-refractivity contribution in [2.75, 3.05) is 10.6 Å². The number of amides is 1. The number of hydrogen-bond donors (Lipinski definition) is 1. The maximum absolute atomic E-state index is 12.9. The van der Waals surface area contributed by atoms with Gasteiger partial charge in [0, 0.05) is 6.04 Å². The maximum Gasteiger partial charge on any atom is 0.244 e. The third-order valence-electron chi connectivity index (χ3n) is 4.79. The molecule has 0 aliphatic heterocycles. The molecular weight excluding hydrogens is 336 g/mol. The zero-order valence-corrected chi connectivity index (χ0v) is 16.1. The first-order chi connectivity index (χ1) is 11.9. The van der Waals surface area contributed by atoms with Crippen molar-refractivity contribution in [2.45, 2.75) is 70.4 Å². The monoisotopic (exact) mass is 366 g/mol. The Kier molecular flexibility index (Phi) is 7.29. The highest BCUT2D eigenvalue weighted by Gasteiger charge is 2.32. The number of para-hydroxylation sites is 1. The van der Waals surface area contributed by atoms with E-state index < -0.39 is 16.1 Å². The molecule has 1 aromatic rings. The lowest BCUT2D eigenvalue weighted by Crippen LogP contribution is -2.51. The van der Waals surface area contributed by atoms with Gasteiger partial charge in [-0.25, -0.2) is 8.42 Å². The zero-order valence-electron chi connectivity index (χ0n) is 15.3. The van der Waals surface area contributed by atoms with Crippen LogP contribution in [0, 0.1) is 0 Å². The molecule has 1 saturated carbocycles. The molecule has 1 fully saturated rings. The average Bonchev–Trinajstić information content (AvgIpc) is 2.54. The van der Waals surface area contributed by atoms with Gasteiger partial charge >= 0.3 is 0 Å². The number of benzene rings is 1. The van der Waals surface area contributed by atoms with Crippen LogP contribution >= 0.6 is 0 Å². The first-order valence-electron chi connectivity index (χ1n) is 9.28. The molecule has 140 valence electrons. The van der Waals surface area contributed by atoms with E-state index in [1.165, 1.54) is 23.6 Å². The number of carbonyl (C=O) groups is 1. The van der Waals surface area contributed by atoms with Crippen LogP contribution in [0.15, 0.2) is 30.3 Å². The minimum Gasteiger partial charge on any atom is -0.352 e. The summed E-state index contributed by atoms with van der Waals surface area (Å²) in [5.74, 6) is -0.192. The van der Waals surface area contributed by atoms with Gasteiger partial charge in [-0.1, -0.05) is 57.2 Å². The van der Waals surface area contributed by atoms with Crippen LogP contribution in [-0.4, -0.2) is 32.7 Å². The van der Waals surface area contributed by atoms with E-state index in [1.807, 2.05) is 13.0 Å². The van der Waals surface area contributed by atoms with Crippen LogP contribution in [-0.2, 0) is 14.8 Å². The molecule has 5 nitrogen and oxygen atoms in total. The Morgan fingerprint density at radius 2 is 1.68 bits per heavy atom. The lowest BCUT2D eigenvalue weighted by molar-refractivity contribution is -0.123. The van der Waals surface area contributed by atoms with E-state index in [2.05, 4.69) is 5.32 Å². The van der Waals surface area contributed by atoms with Gasteiger partial charge in [-0.3, -0.25) is 9.10 Å². The maximum atomic E-state index is 12.9. The summed E-state index contributed by atoms with van der Waals surface area (Å²) < 4.78 is 26.0. The van der Waals surface area contributed by atoms with Crippen LogP contribution in [0.25, 0.3) is 0 Å². The molecule has 1 aliphatic carbocycles. The minimum atomic E-state index is -3.56. The topological polar surface area (TPSA) is 66.5 Å². The van der Waals surface area contributed by atoms with Crippen LogP contribution in [0.3, 0.4) is 0 Å². The van der Waals surface area contributed by atoms with Crippen LogP contribution in [0.2, 0.25) is 0 Å². The molecule has 1 N–H and O–H groups in total. The molecule has 1 unspecified atom stereocenters. The fourth-order valence-electron chi connectivity index (χ4n) is 3.53. The largest absolute Gasteiger partial charge is 0.352 e. The number of hydrogen-bond acceptors (Lipinski definition) is 3. The minimum absolute atomic E-state index is 0.152. The van der Waals surface area contributed by atoms with Crippen molar-refractivity contribution in [1.82, 2.24) is 5.32 Å². The normalized spacial score (nSPS) is 18.0. The highest BCUT2D eigenvalue weighted by atomic mass is 32.2. The predicted molar refractivity (Wildman–Crippen MR) is 102 cm³/mol. The summed E-state index contributed by atoms with van der Waals surface area (Å²) in [5.41, 5.74) is 0.532. The van der Waals surface area contributed by atoms with E-state index in [0.717, 1.165) is 31.9 Å². The first kappa shape index (κ1) is 19.8. The van der Waals surface area contributed by atoms with E-state index in [4.69, 9.17) is 0 Å². The predicted octanol–water partition coefficient (Wildman–Crippen LogP) is 3.46. The quantitative estimate of drug-likeness (QED) is 0.838. The van der Waals surface area contributed by atoms with Gasteiger partial charge in [0.2, 0.25) is 15.9 Å². The second-order valence-corrected chi connectivity index (χ2v) is 8.73. The Morgan fingerprint density at radius 1 is 1.12 bits per heavy atom. The lowest BCUT2D eigenvalue weighted by Gasteiger charge is -2.31. The SMILES string of the molecule is CCC(C(=O)NC1CCCCCCC1)N(c1ccccc1)S(C)(=O)=O. The molecule has 1 aliphatic rings. The second-order valence-electron chi connectivity index (χ2n) is 6.87. The van der Waals surface area contributed by atoms with E-state index in [9.17, 15) is 13.2 Å². The summed E-state index contributed by atoms with van der Waals surface area (Å²) in [6.07, 6.45) is 9.48.